The molecule has 17 heavy (non-hydrogen) atoms. The summed E-state index contributed by atoms with van der Waals surface area (Å²) in [5.41, 5.74) is 0. The van der Waals surface area contributed by atoms with Crippen molar-refractivity contribution in [1.82, 2.24) is 15.5 Å². The molecule has 1 fully saturated rings. The molecule has 5 nitrogen and oxygen atoms in total. The zero-order valence-corrected chi connectivity index (χ0v) is 10.9. The summed E-state index contributed by atoms with van der Waals surface area (Å²) in [6, 6.07) is 0.419. The molecule has 2 N–H and O–H groups in total. The predicted octanol–water partition coefficient (Wildman–Crippen LogP) is 1.51. The van der Waals surface area contributed by atoms with E-state index < -0.39 is 0 Å². The van der Waals surface area contributed by atoms with Gasteiger partial charge in [-0.25, -0.2) is 0 Å². The van der Waals surface area contributed by atoms with Gasteiger partial charge in [0.15, 0.2) is 4.34 Å². The molecule has 1 amide bonds. The Morgan fingerprint density at radius 1 is 1.59 bits per heavy atom. The minimum absolute atomic E-state index is 0.0771. The second-order valence-corrected chi connectivity index (χ2v) is 5.87. The van der Waals surface area contributed by atoms with Gasteiger partial charge in [0, 0.05) is 12.6 Å². The number of hydrogen-bond donors (Lipinski definition) is 2. The van der Waals surface area contributed by atoms with Gasteiger partial charge in [-0.05, 0) is 12.8 Å². The monoisotopic (exact) mass is 270 g/mol. The average molecular weight is 270 g/mol. The molecule has 0 saturated heterocycles. The molecule has 0 spiro atoms. The van der Waals surface area contributed by atoms with Gasteiger partial charge in [0.25, 0.3) is 0 Å². The highest BCUT2D eigenvalue weighted by Crippen LogP contribution is 2.25. The van der Waals surface area contributed by atoms with E-state index in [-0.39, 0.29) is 5.91 Å². The van der Waals surface area contributed by atoms with Crippen molar-refractivity contribution in [2.45, 2.75) is 23.2 Å². The van der Waals surface area contributed by atoms with Crippen LogP contribution in [0.25, 0.3) is 0 Å². The summed E-state index contributed by atoms with van der Waals surface area (Å²) in [5, 5.41) is 14.7. The van der Waals surface area contributed by atoms with E-state index in [4.69, 9.17) is 0 Å². The normalized spacial score (nSPS) is 14.4. The topological polar surface area (TPSA) is 66.9 Å². The lowest BCUT2D eigenvalue weighted by Crippen LogP contribution is -2.26. The summed E-state index contributed by atoms with van der Waals surface area (Å²) in [6.07, 6.45) is 3.99. The second kappa shape index (κ2) is 6.02. The third-order valence-electron chi connectivity index (χ3n) is 2.07. The fourth-order valence-electron chi connectivity index (χ4n) is 1.12. The molecule has 1 saturated carbocycles. The van der Waals surface area contributed by atoms with E-state index in [1.54, 1.807) is 6.08 Å². The molecule has 92 valence electrons. The van der Waals surface area contributed by atoms with Crippen LogP contribution >= 0.6 is 23.1 Å². The van der Waals surface area contributed by atoms with E-state index in [1.807, 2.05) is 0 Å². The lowest BCUT2D eigenvalue weighted by atomic mass is 10.6. The van der Waals surface area contributed by atoms with Crippen LogP contribution in [0, 0.1) is 0 Å². The van der Waals surface area contributed by atoms with Gasteiger partial charge in [0.1, 0.15) is 0 Å². The molecule has 0 aliphatic heterocycles. The molecule has 0 aromatic carbocycles. The van der Waals surface area contributed by atoms with Gasteiger partial charge in [-0.15, -0.1) is 16.8 Å². The lowest BCUT2D eigenvalue weighted by Gasteiger charge is -1.99. The number of rotatable bonds is 7. The molecule has 1 aromatic rings. The minimum atomic E-state index is 0.0771. The minimum Gasteiger partial charge on any atom is -0.357 e. The van der Waals surface area contributed by atoms with Crippen molar-refractivity contribution >= 4 is 34.1 Å². The van der Waals surface area contributed by atoms with Gasteiger partial charge in [-0.3, -0.25) is 4.79 Å². The Kier molecular flexibility index (Phi) is 4.38. The number of carbonyl (C=O) groups excluding carboxylic acids is 1. The van der Waals surface area contributed by atoms with Gasteiger partial charge in [-0.2, -0.15) is 0 Å². The van der Waals surface area contributed by atoms with Crippen LogP contribution in [0.15, 0.2) is 17.0 Å². The van der Waals surface area contributed by atoms with Crippen LogP contribution < -0.4 is 10.6 Å². The molecule has 2 rings (SSSR count). The van der Waals surface area contributed by atoms with Crippen molar-refractivity contribution in [3.05, 3.63) is 12.7 Å². The molecule has 1 aromatic heterocycles. The van der Waals surface area contributed by atoms with E-state index in [1.165, 1.54) is 23.1 Å². The Labute approximate surface area is 108 Å². The van der Waals surface area contributed by atoms with Crippen molar-refractivity contribution in [2.24, 2.45) is 0 Å². The maximum absolute atomic E-state index is 11.4. The molecule has 7 heteroatoms. The van der Waals surface area contributed by atoms with E-state index in [9.17, 15) is 4.79 Å². The van der Waals surface area contributed by atoms with E-state index in [0.29, 0.717) is 18.3 Å². The van der Waals surface area contributed by atoms with E-state index >= 15 is 0 Å². The molecule has 0 unspecified atom stereocenters. The van der Waals surface area contributed by atoms with Gasteiger partial charge in [0.05, 0.1) is 5.75 Å². The number of amides is 1. The molecule has 1 aliphatic carbocycles. The molecule has 0 radical (unpaired) electrons. The maximum Gasteiger partial charge on any atom is 0.230 e. The number of anilines is 1. The summed E-state index contributed by atoms with van der Waals surface area (Å²) < 4.78 is 0.808. The summed E-state index contributed by atoms with van der Waals surface area (Å²) in [7, 11) is 0. The van der Waals surface area contributed by atoms with Gasteiger partial charge in [-0.1, -0.05) is 29.2 Å². The number of hydrogen-bond acceptors (Lipinski definition) is 6. The average Bonchev–Trinajstić information content (AvgIpc) is 3.01. The van der Waals surface area contributed by atoms with Crippen molar-refractivity contribution in [3.8, 4) is 0 Å². The first kappa shape index (κ1) is 12.4. The summed E-state index contributed by atoms with van der Waals surface area (Å²) in [4.78, 5) is 11.4. The fourth-order valence-corrected chi connectivity index (χ4v) is 2.69. The van der Waals surface area contributed by atoms with E-state index in [2.05, 4.69) is 27.4 Å². The van der Waals surface area contributed by atoms with Crippen molar-refractivity contribution in [3.63, 3.8) is 0 Å². The number of thioether (sulfide) groups is 1. The fraction of sp³-hybridized carbons (Fsp3) is 0.500. The largest absolute Gasteiger partial charge is 0.357 e. The first-order valence-electron chi connectivity index (χ1n) is 5.38. The number of nitrogens with one attached hydrogen (secondary N) is 2. The maximum atomic E-state index is 11.4. The van der Waals surface area contributed by atoms with Crippen LogP contribution in [0.3, 0.4) is 0 Å². The highest BCUT2D eigenvalue weighted by molar-refractivity contribution is 8.01. The van der Waals surface area contributed by atoms with Crippen LogP contribution in [0.2, 0.25) is 0 Å². The molecule has 0 bridgehead atoms. The summed E-state index contributed by atoms with van der Waals surface area (Å²) in [5.74, 6) is 0.486. The number of carbonyl (C=O) groups is 1. The van der Waals surface area contributed by atoms with Gasteiger partial charge >= 0.3 is 0 Å². The van der Waals surface area contributed by atoms with Gasteiger partial charge in [0.2, 0.25) is 11.0 Å². The number of aromatic nitrogens is 2. The van der Waals surface area contributed by atoms with E-state index in [0.717, 1.165) is 22.3 Å². The van der Waals surface area contributed by atoms with Crippen molar-refractivity contribution in [1.29, 1.82) is 0 Å². The number of nitrogens with zero attached hydrogens (tertiary/aromatic N) is 2. The first-order valence-corrected chi connectivity index (χ1v) is 7.18. The third-order valence-corrected chi connectivity index (χ3v) is 4.09. The van der Waals surface area contributed by atoms with Crippen LogP contribution in [-0.2, 0) is 4.79 Å². The molecule has 1 heterocycles. The standard InChI is InChI=1S/C10H14N4OS2/c1-2-5-11-9-13-14-10(17-9)16-6-8(15)12-7-3-4-7/h2,7H,1,3-6H2,(H,11,13)(H,12,15). The zero-order valence-electron chi connectivity index (χ0n) is 9.31. The summed E-state index contributed by atoms with van der Waals surface area (Å²) in [6.45, 7) is 4.28. The van der Waals surface area contributed by atoms with Crippen LogP contribution in [0.4, 0.5) is 5.13 Å². The SMILES string of the molecule is C=CCNc1nnc(SCC(=O)NC2CC2)s1. The Balaban J connectivity index is 1.71. The molecule has 0 atom stereocenters. The quantitative estimate of drug-likeness (QED) is 0.580. The van der Waals surface area contributed by atoms with Crippen molar-refractivity contribution in [2.75, 3.05) is 17.6 Å². The molecule has 1 aliphatic rings. The van der Waals surface area contributed by atoms with Crippen LogP contribution in [-0.4, -0.2) is 34.4 Å². The predicted molar refractivity (Wildman–Crippen MR) is 70.5 cm³/mol. The molecular weight excluding hydrogens is 256 g/mol. The van der Waals surface area contributed by atoms with Crippen LogP contribution in [0.5, 0.6) is 0 Å². The third kappa shape index (κ3) is 4.35. The van der Waals surface area contributed by atoms with Crippen molar-refractivity contribution < 1.29 is 4.79 Å². The van der Waals surface area contributed by atoms with Crippen LogP contribution in [0.1, 0.15) is 12.8 Å². The smallest absolute Gasteiger partial charge is 0.230 e. The summed E-state index contributed by atoms with van der Waals surface area (Å²) >= 11 is 2.87. The highest BCUT2D eigenvalue weighted by atomic mass is 32.2. The molecular formula is C10H14N4OS2. The first-order chi connectivity index (χ1) is 8.28. The Hall–Kier alpha value is -1.08. The Morgan fingerprint density at radius 2 is 2.41 bits per heavy atom. The Morgan fingerprint density at radius 3 is 3.12 bits per heavy atom. The Bertz CT molecular complexity index is 403. The van der Waals surface area contributed by atoms with Gasteiger partial charge < -0.3 is 10.6 Å². The highest BCUT2D eigenvalue weighted by Gasteiger charge is 2.23. The lowest BCUT2D eigenvalue weighted by molar-refractivity contribution is -0.118. The zero-order chi connectivity index (χ0) is 12.1. The second-order valence-electron chi connectivity index (χ2n) is 3.67.